The fourth-order valence-electron chi connectivity index (χ4n) is 2.62. The summed E-state index contributed by atoms with van der Waals surface area (Å²) in [6.45, 7) is 1.78. The first-order valence-corrected chi connectivity index (χ1v) is 12.6. The molecule has 0 bridgehead atoms. The topological polar surface area (TPSA) is 131 Å². The summed E-state index contributed by atoms with van der Waals surface area (Å²) in [6.07, 6.45) is 1.37. The van der Waals surface area contributed by atoms with Gasteiger partial charge in [-0.2, -0.15) is 5.26 Å². The van der Waals surface area contributed by atoms with E-state index in [2.05, 4.69) is 15.5 Å². The molecule has 0 aliphatic carbocycles. The minimum Gasteiger partial charge on any atom is -0.493 e. The van der Waals surface area contributed by atoms with Crippen LogP contribution in [0.2, 0.25) is 5.02 Å². The van der Waals surface area contributed by atoms with Crippen molar-refractivity contribution >= 4 is 49.9 Å². The van der Waals surface area contributed by atoms with E-state index in [1.807, 2.05) is 18.2 Å². The normalized spacial score (nSPS) is 11.5. The van der Waals surface area contributed by atoms with Crippen molar-refractivity contribution in [2.45, 2.75) is 17.9 Å². The average Bonchev–Trinajstić information content (AvgIpc) is 3.31. The molecule has 1 N–H and O–H groups in total. The van der Waals surface area contributed by atoms with Gasteiger partial charge in [0.2, 0.25) is 19.3 Å². The fraction of sp³-hybridized carbons (Fsp3) is 0.182. The van der Waals surface area contributed by atoms with Crippen LogP contribution in [-0.2, 0) is 21.2 Å². The largest absolute Gasteiger partial charge is 0.493 e. The third-order valence-corrected chi connectivity index (χ3v) is 7.72. The lowest BCUT2D eigenvalue weighted by Gasteiger charge is -2.11. The number of carbonyl (C=O) groups excluding carboxylic acids is 1. The van der Waals surface area contributed by atoms with Crippen molar-refractivity contribution in [3.05, 3.63) is 64.2 Å². The van der Waals surface area contributed by atoms with Gasteiger partial charge >= 0.3 is 0 Å². The van der Waals surface area contributed by atoms with Crippen LogP contribution in [0, 0.1) is 11.3 Å². The molecule has 0 radical (unpaired) electrons. The van der Waals surface area contributed by atoms with Crippen LogP contribution in [0.15, 0.2) is 52.4 Å². The molecule has 0 aliphatic heterocycles. The van der Waals surface area contributed by atoms with Gasteiger partial charge in [0.25, 0.3) is 5.91 Å². The highest BCUT2D eigenvalue weighted by Gasteiger charge is 2.20. The van der Waals surface area contributed by atoms with Gasteiger partial charge in [-0.3, -0.25) is 10.1 Å². The Hall–Kier alpha value is -3.46. The molecule has 34 heavy (non-hydrogen) atoms. The van der Waals surface area contributed by atoms with Crippen molar-refractivity contribution in [2.75, 3.05) is 18.2 Å². The summed E-state index contributed by atoms with van der Waals surface area (Å²) in [5, 5.41) is 19.7. The highest BCUT2D eigenvalue weighted by molar-refractivity contribution is 7.93. The Bertz CT molecular complexity index is 1360. The van der Waals surface area contributed by atoms with E-state index < -0.39 is 15.7 Å². The van der Waals surface area contributed by atoms with Gasteiger partial charge in [-0.15, -0.1) is 10.2 Å². The number of methoxy groups -OCH3 is 1. The first-order valence-electron chi connectivity index (χ1n) is 9.80. The number of aromatic nitrogens is 2. The zero-order valence-corrected chi connectivity index (χ0v) is 20.5. The molecule has 1 aromatic heterocycles. The smallest absolute Gasteiger partial charge is 0.268 e. The van der Waals surface area contributed by atoms with Crippen molar-refractivity contribution in [1.29, 1.82) is 5.26 Å². The first-order chi connectivity index (χ1) is 16.2. The van der Waals surface area contributed by atoms with Crippen molar-refractivity contribution in [3.8, 4) is 17.6 Å². The molecule has 9 nitrogen and oxygen atoms in total. The van der Waals surface area contributed by atoms with Gasteiger partial charge in [-0.25, -0.2) is 8.42 Å². The Labute approximate surface area is 205 Å². The number of halogens is 1. The molecule has 176 valence electrons. The van der Waals surface area contributed by atoms with E-state index in [1.165, 1.54) is 20.1 Å². The van der Waals surface area contributed by atoms with Crippen LogP contribution in [0.25, 0.3) is 6.08 Å². The third kappa shape index (κ3) is 6.32. The number of rotatable bonds is 9. The lowest BCUT2D eigenvalue weighted by Crippen LogP contribution is -2.13. The maximum atomic E-state index is 12.5. The van der Waals surface area contributed by atoms with E-state index >= 15 is 0 Å². The second-order valence-electron chi connectivity index (χ2n) is 6.73. The zero-order valence-electron chi connectivity index (χ0n) is 18.1. The zero-order chi connectivity index (χ0) is 24.7. The Morgan fingerprint density at radius 3 is 2.59 bits per heavy atom. The van der Waals surface area contributed by atoms with Crippen LogP contribution >= 0.6 is 22.9 Å². The molecular weight excluding hydrogens is 500 g/mol. The highest BCUT2D eigenvalue weighted by atomic mass is 35.5. The van der Waals surface area contributed by atoms with E-state index in [9.17, 15) is 18.5 Å². The van der Waals surface area contributed by atoms with Gasteiger partial charge in [0.1, 0.15) is 18.2 Å². The van der Waals surface area contributed by atoms with Crippen molar-refractivity contribution in [1.82, 2.24) is 10.2 Å². The molecular formula is C22H19ClN4O5S2. The molecule has 0 saturated carbocycles. The van der Waals surface area contributed by atoms with Crippen LogP contribution in [0.3, 0.4) is 0 Å². The second kappa shape index (κ2) is 11.1. The molecule has 0 fully saturated rings. The highest BCUT2D eigenvalue weighted by Crippen LogP contribution is 2.30. The van der Waals surface area contributed by atoms with Crippen LogP contribution in [-0.4, -0.2) is 37.4 Å². The summed E-state index contributed by atoms with van der Waals surface area (Å²) in [7, 11) is -2.06. The SMILES string of the molecule is CCS(=O)(=O)c1nnc(NC(=O)C(C#N)=Cc2ccc(OCc3ccc(Cl)cc3)c(OC)c2)s1. The quantitative estimate of drug-likeness (QED) is 0.254. The number of hydrogen-bond acceptors (Lipinski definition) is 9. The summed E-state index contributed by atoms with van der Waals surface area (Å²) >= 11 is 6.61. The summed E-state index contributed by atoms with van der Waals surface area (Å²) in [5.41, 5.74) is 1.23. The van der Waals surface area contributed by atoms with Crippen LogP contribution in [0.5, 0.6) is 11.5 Å². The Kier molecular flexibility index (Phi) is 8.22. The molecule has 0 unspecified atom stereocenters. The monoisotopic (exact) mass is 518 g/mol. The molecule has 1 heterocycles. The molecule has 3 rings (SSSR count). The van der Waals surface area contributed by atoms with E-state index in [4.69, 9.17) is 21.1 Å². The Balaban J connectivity index is 1.74. The fourth-order valence-corrected chi connectivity index (χ4v) is 4.73. The number of ether oxygens (including phenoxy) is 2. The summed E-state index contributed by atoms with van der Waals surface area (Å²) in [5.74, 6) is 0.0105. The van der Waals surface area contributed by atoms with E-state index in [0.717, 1.165) is 5.56 Å². The van der Waals surface area contributed by atoms with E-state index in [-0.39, 0.29) is 20.8 Å². The molecule has 0 atom stereocenters. The number of benzene rings is 2. The van der Waals surface area contributed by atoms with Crippen LogP contribution in [0.1, 0.15) is 18.1 Å². The average molecular weight is 519 g/mol. The Morgan fingerprint density at radius 2 is 1.94 bits per heavy atom. The molecule has 0 spiro atoms. The van der Waals surface area contributed by atoms with Crippen molar-refractivity contribution < 1.29 is 22.7 Å². The van der Waals surface area contributed by atoms with Gasteiger partial charge in [0, 0.05) is 5.02 Å². The maximum Gasteiger partial charge on any atom is 0.268 e. The number of nitrogens with one attached hydrogen (secondary N) is 1. The number of carbonyl (C=O) groups is 1. The predicted octanol–water partition coefficient (Wildman–Crippen LogP) is 4.12. The van der Waals surface area contributed by atoms with Gasteiger partial charge in [0.15, 0.2) is 11.5 Å². The molecule has 1 amide bonds. The van der Waals surface area contributed by atoms with Crippen molar-refractivity contribution in [3.63, 3.8) is 0 Å². The lowest BCUT2D eigenvalue weighted by molar-refractivity contribution is -0.112. The third-order valence-electron chi connectivity index (χ3n) is 4.44. The van der Waals surface area contributed by atoms with Gasteiger partial charge in [-0.05, 0) is 41.5 Å². The molecule has 2 aromatic carbocycles. The first kappa shape index (κ1) is 25.2. The molecule has 0 saturated heterocycles. The molecule has 12 heteroatoms. The van der Waals surface area contributed by atoms with Crippen LogP contribution < -0.4 is 14.8 Å². The summed E-state index contributed by atoms with van der Waals surface area (Å²) < 4.78 is 34.7. The number of nitriles is 1. The summed E-state index contributed by atoms with van der Waals surface area (Å²) in [4.78, 5) is 12.5. The Morgan fingerprint density at radius 1 is 1.21 bits per heavy atom. The van der Waals surface area contributed by atoms with Gasteiger partial charge in [-0.1, -0.05) is 48.1 Å². The standard InChI is InChI=1S/C22H19ClN4O5S2/c1-3-34(29,30)22-27-26-21(33-22)25-20(28)16(12-24)10-15-6-9-18(19(11-15)31-2)32-13-14-4-7-17(23)8-5-14/h4-11H,3,13H2,1-2H3,(H,25,26,28). The molecule has 3 aromatic rings. The number of nitrogens with zero attached hydrogens (tertiary/aromatic N) is 3. The minimum atomic E-state index is -3.54. The molecule has 0 aliphatic rings. The second-order valence-corrected chi connectivity index (χ2v) is 10.6. The van der Waals surface area contributed by atoms with Crippen LogP contribution in [0.4, 0.5) is 5.13 Å². The maximum absolute atomic E-state index is 12.5. The van der Waals surface area contributed by atoms with E-state index in [0.29, 0.717) is 40.0 Å². The van der Waals surface area contributed by atoms with Gasteiger partial charge in [0.05, 0.1) is 12.9 Å². The predicted molar refractivity (Wildman–Crippen MR) is 129 cm³/mol. The number of sulfone groups is 1. The summed E-state index contributed by atoms with van der Waals surface area (Å²) in [6, 6.07) is 14.0. The van der Waals surface area contributed by atoms with E-state index in [1.54, 1.807) is 30.3 Å². The lowest BCUT2D eigenvalue weighted by atomic mass is 10.1. The van der Waals surface area contributed by atoms with Gasteiger partial charge < -0.3 is 9.47 Å². The number of anilines is 1. The van der Waals surface area contributed by atoms with Crippen molar-refractivity contribution in [2.24, 2.45) is 0 Å². The number of amides is 1. The number of hydrogen-bond donors (Lipinski definition) is 1. The minimum absolute atomic E-state index is 0.0262.